The lowest BCUT2D eigenvalue weighted by Gasteiger charge is -2.03. The van der Waals surface area contributed by atoms with Crippen molar-refractivity contribution in [3.63, 3.8) is 0 Å². The number of carbonyl (C=O) groups is 1. The number of carbonyl (C=O) groups excluding carboxylic acids is 1. The Balaban J connectivity index is 1.42. The number of fused-ring (bicyclic) bond motifs is 1. The Kier molecular flexibility index (Phi) is 4.11. The van der Waals surface area contributed by atoms with Gasteiger partial charge in [0.05, 0.1) is 5.69 Å². The Hall–Kier alpha value is -2.86. The van der Waals surface area contributed by atoms with Gasteiger partial charge in [-0.25, -0.2) is 4.98 Å². The maximum Gasteiger partial charge on any atom is 0.263 e. The number of aromatic amines is 1. The van der Waals surface area contributed by atoms with Crippen LogP contribution >= 0.6 is 11.3 Å². The van der Waals surface area contributed by atoms with E-state index in [0.717, 1.165) is 22.8 Å². The van der Waals surface area contributed by atoms with Gasteiger partial charge in [0.15, 0.2) is 5.13 Å². The second-order valence-corrected chi connectivity index (χ2v) is 6.84. The Morgan fingerprint density at radius 3 is 2.88 bits per heavy atom. The predicted octanol–water partition coefficient (Wildman–Crippen LogP) is 3.70. The average Bonchev–Trinajstić information content (AvgIpc) is 3.34. The standard InChI is InChI=1S/C19H18N4OS/c1-13-17(25-19(22-13)23-10-4-5-11-23)18(24)20-9-8-14-12-21-16-7-3-2-6-15(14)16/h2-7,10-12,21H,8-9H2,1H3,(H,20,24). The third-order valence-electron chi connectivity index (χ3n) is 4.17. The lowest BCUT2D eigenvalue weighted by molar-refractivity contribution is 0.0957. The van der Waals surface area contributed by atoms with Gasteiger partial charge in [0.2, 0.25) is 0 Å². The van der Waals surface area contributed by atoms with Gasteiger partial charge in [0, 0.05) is 36.0 Å². The molecule has 0 saturated heterocycles. The van der Waals surface area contributed by atoms with Crippen molar-refractivity contribution in [2.45, 2.75) is 13.3 Å². The fourth-order valence-corrected chi connectivity index (χ4v) is 3.85. The zero-order valence-electron chi connectivity index (χ0n) is 13.8. The second-order valence-electron chi connectivity index (χ2n) is 5.87. The molecular formula is C19H18N4OS. The van der Waals surface area contributed by atoms with Crippen molar-refractivity contribution in [2.75, 3.05) is 6.54 Å². The van der Waals surface area contributed by atoms with Crippen LogP contribution in [0.25, 0.3) is 16.0 Å². The van der Waals surface area contributed by atoms with Crippen LogP contribution in [0.4, 0.5) is 0 Å². The van der Waals surface area contributed by atoms with Crippen LogP contribution < -0.4 is 5.32 Å². The van der Waals surface area contributed by atoms with Crippen LogP contribution in [-0.4, -0.2) is 27.0 Å². The van der Waals surface area contributed by atoms with Crippen molar-refractivity contribution in [3.8, 4) is 5.13 Å². The van der Waals surface area contributed by atoms with E-state index in [9.17, 15) is 4.79 Å². The van der Waals surface area contributed by atoms with Crippen molar-refractivity contribution in [1.82, 2.24) is 19.9 Å². The number of nitrogens with one attached hydrogen (secondary N) is 2. The van der Waals surface area contributed by atoms with E-state index >= 15 is 0 Å². The maximum atomic E-state index is 12.5. The summed E-state index contributed by atoms with van der Waals surface area (Å²) in [6.45, 7) is 2.47. The third kappa shape index (κ3) is 3.08. The summed E-state index contributed by atoms with van der Waals surface area (Å²) in [5, 5.41) is 5.03. The van der Waals surface area contributed by atoms with E-state index in [1.165, 1.54) is 22.3 Å². The molecule has 2 N–H and O–H groups in total. The molecule has 0 fully saturated rings. The first-order chi connectivity index (χ1) is 12.2. The van der Waals surface area contributed by atoms with Gasteiger partial charge in [-0.3, -0.25) is 4.79 Å². The highest BCUT2D eigenvalue weighted by atomic mass is 32.1. The first-order valence-electron chi connectivity index (χ1n) is 8.16. The number of rotatable bonds is 5. The molecular weight excluding hydrogens is 332 g/mol. The molecule has 126 valence electrons. The molecule has 0 unspecified atom stereocenters. The van der Waals surface area contributed by atoms with Gasteiger partial charge in [-0.2, -0.15) is 0 Å². The molecule has 0 spiro atoms. The molecule has 3 aromatic heterocycles. The molecule has 0 aliphatic carbocycles. The van der Waals surface area contributed by atoms with E-state index < -0.39 is 0 Å². The number of aryl methyl sites for hydroxylation is 1. The molecule has 1 amide bonds. The molecule has 0 bridgehead atoms. The number of hydrogen-bond acceptors (Lipinski definition) is 3. The molecule has 0 saturated carbocycles. The van der Waals surface area contributed by atoms with Gasteiger partial charge in [0.1, 0.15) is 4.88 Å². The first-order valence-corrected chi connectivity index (χ1v) is 8.98. The van der Waals surface area contributed by atoms with Gasteiger partial charge >= 0.3 is 0 Å². The van der Waals surface area contributed by atoms with Gasteiger partial charge in [-0.05, 0) is 37.1 Å². The van der Waals surface area contributed by atoms with Crippen LogP contribution in [0.5, 0.6) is 0 Å². The molecule has 6 heteroatoms. The van der Waals surface area contributed by atoms with Crippen molar-refractivity contribution >= 4 is 28.1 Å². The number of thiazole rings is 1. The number of hydrogen-bond donors (Lipinski definition) is 2. The quantitative estimate of drug-likeness (QED) is 0.576. The zero-order chi connectivity index (χ0) is 17.2. The van der Waals surface area contributed by atoms with Crippen LogP contribution in [0.2, 0.25) is 0 Å². The lowest BCUT2D eigenvalue weighted by Crippen LogP contribution is -2.25. The van der Waals surface area contributed by atoms with E-state index in [-0.39, 0.29) is 5.91 Å². The summed E-state index contributed by atoms with van der Waals surface area (Å²) >= 11 is 1.41. The molecule has 25 heavy (non-hydrogen) atoms. The summed E-state index contributed by atoms with van der Waals surface area (Å²) in [4.78, 5) is 20.9. The molecule has 0 aliphatic rings. The summed E-state index contributed by atoms with van der Waals surface area (Å²) < 4.78 is 1.92. The van der Waals surface area contributed by atoms with Gasteiger partial charge in [-0.1, -0.05) is 29.5 Å². The minimum absolute atomic E-state index is 0.0618. The second kappa shape index (κ2) is 6.57. The number of amides is 1. The number of nitrogens with zero attached hydrogens (tertiary/aromatic N) is 2. The SMILES string of the molecule is Cc1nc(-n2cccc2)sc1C(=O)NCCc1c[nH]c2ccccc12. The molecule has 0 aliphatic heterocycles. The third-order valence-corrected chi connectivity index (χ3v) is 5.34. The predicted molar refractivity (Wildman–Crippen MR) is 101 cm³/mol. The molecule has 1 aromatic carbocycles. The largest absolute Gasteiger partial charge is 0.361 e. The van der Waals surface area contributed by atoms with Crippen LogP contribution in [0, 0.1) is 6.92 Å². The van der Waals surface area contributed by atoms with Crippen molar-refractivity contribution in [3.05, 3.63) is 71.1 Å². The van der Waals surface area contributed by atoms with E-state index in [2.05, 4.69) is 27.4 Å². The average molecular weight is 350 g/mol. The van der Waals surface area contributed by atoms with Crippen LogP contribution in [-0.2, 0) is 6.42 Å². The van der Waals surface area contributed by atoms with Crippen LogP contribution in [0.15, 0.2) is 55.0 Å². The zero-order valence-corrected chi connectivity index (χ0v) is 14.6. The van der Waals surface area contributed by atoms with Crippen molar-refractivity contribution < 1.29 is 4.79 Å². The summed E-state index contributed by atoms with van der Waals surface area (Å²) in [7, 11) is 0. The fourth-order valence-electron chi connectivity index (χ4n) is 2.89. The Morgan fingerprint density at radius 1 is 1.24 bits per heavy atom. The molecule has 4 aromatic rings. The minimum atomic E-state index is -0.0618. The van der Waals surface area contributed by atoms with E-state index in [1.54, 1.807) is 0 Å². The number of benzene rings is 1. The summed E-state index contributed by atoms with van der Waals surface area (Å²) in [6.07, 6.45) is 6.66. The molecule has 0 atom stereocenters. The minimum Gasteiger partial charge on any atom is -0.361 e. The number of para-hydroxylation sites is 1. The molecule has 4 rings (SSSR count). The highest BCUT2D eigenvalue weighted by Gasteiger charge is 2.15. The Labute approximate surface area is 149 Å². The maximum absolute atomic E-state index is 12.5. The van der Waals surface area contributed by atoms with E-state index in [0.29, 0.717) is 11.4 Å². The Morgan fingerprint density at radius 2 is 2.04 bits per heavy atom. The summed E-state index contributed by atoms with van der Waals surface area (Å²) in [5.41, 5.74) is 3.10. The van der Waals surface area contributed by atoms with Crippen LogP contribution in [0.3, 0.4) is 0 Å². The first kappa shape index (κ1) is 15.7. The van der Waals surface area contributed by atoms with Crippen molar-refractivity contribution in [1.29, 1.82) is 0 Å². The summed E-state index contributed by atoms with van der Waals surface area (Å²) in [5.74, 6) is -0.0618. The van der Waals surface area contributed by atoms with E-state index in [4.69, 9.17) is 0 Å². The highest BCUT2D eigenvalue weighted by Crippen LogP contribution is 2.22. The van der Waals surface area contributed by atoms with Gasteiger partial charge < -0.3 is 14.9 Å². The number of H-pyrrole nitrogens is 1. The van der Waals surface area contributed by atoms with Crippen LogP contribution in [0.1, 0.15) is 20.9 Å². The van der Waals surface area contributed by atoms with E-state index in [1.807, 2.05) is 54.3 Å². The van der Waals surface area contributed by atoms with Gasteiger partial charge in [-0.15, -0.1) is 0 Å². The van der Waals surface area contributed by atoms with Gasteiger partial charge in [0.25, 0.3) is 5.91 Å². The number of aromatic nitrogens is 3. The fraction of sp³-hybridized carbons (Fsp3) is 0.158. The Bertz CT molecular complexity index is 1010. The smallest absolute Gasteiger partial charge is 0.263 e. The highest BCUT2D eigenvalue weighted by molar-refractivity contribution is 7.16. The lowest BCUT2D eigenvalue weighted by atomic mass is 10.1. The summed E-state index contributed by atoms with van der Waals surface area (Å²) in [6, 6.07) is 12.1. The molecule has 3 heterocycles. The molecule has 0 radical (unpaired) electrons. The topological polar surface area (TPSA) is 62.7 Å². The molecule has 5 nitrogen and oxygen atoms in total. The van der Waals surface area contributed by atoms with Crippen molar-refractivity contribution in [2.24, 2.45) is 0 Å². The monoisotopic (exact) mass is 350 g/mol. The normalized spacial score (nSPS) is 11.1.